The maximum atomic E-state index is 14.3. The van der Waals surface area contributed by atoms with Crippen LogP contribution in [0.15, 0.2) is 97.1 Å². The van der Waals surface area contributed by atoms with Gasteiger partial charge < -0.3 is 4.90 Å². The molecule has 0 radical (unpaired) electrons. The first kappa shape index (κ1) is 22.4. The van der Waals surface area contributed by atoms with Gasteiger partial charge in [-0.15, -0.1) is 0 Å². The van der Waals surface area contributed by atoms with Gasteiger partial charge in [0, 0.05) is 23.8 Å². The van der Waals surface area contributed by atoms with E-state index in [1.54, 1.807) is 17.0 Å². The lowest BCUT2D eigenvalue weighted by Gasteiger charge is -2.30. The Kier molecular flexibility index (Phi) is 5.16. The number of amides is 3. The van der Waals surface area contributed by atoms with Crippen LogP contribution >= 0.6 is 0 Å². The highest BCUT2D eigenvalue weighted by Gasteiger charge is 2.71. The first-order valence-corrected chi connectivity index (χ1v) is 12.2. The van der Waals surface area contributed by atoms with Crippen molar-refractivity contribution in [3.63, 3.8) is 0 Å². The summed E-state index contributed by atoms with van der Waals surface area (Å²) in [4.78, 5) is 45.3. The average molecular weight is 478 g/mol. The molecule has 2 fully saturated rings. The molecule has 3 heterocycles. The van der Waals surface area contributed by atoms with Crippen LogP contribution in [0.2, 0.25) is 0 Å². The number of fused-ring (bicyclic) bond motifs is 4. The molecule has 1 spiro atoms. The summed E-state index contributed by atoms with van der Waals surface area (Å²) in [6.07, 6.45) is 0.529. The Bertz CT molecular complexity index is 1390. The quantitative estimate of drug-likeness (QED) is 0.448. The molecule has 3 aromatic carbocycles. The molecule has 4 atom stereocenters. The highest BCUT2D eigenvalue weighted by Crippen LogP contribution is 2.55. The summed E-state index contributed by atoms with van der Waals surface area (Å²) in [5.41, 5.74) is 2.61. The van der Waals surface area contributed by atoms with E-state index in [1.165, 1.54) is 4.90 Å². The van der Waals surface area contributed by atoms with Crippen molar-refractivity contribution >= 4 is 29.1 Å². The zero-order valence-electron chi connectivity index (χ0n) is 20.1. The monoisotopic (exact) mass is 477 g/mol. The van der Waals surface area contributed by atoms with E-state index in [-0.39, 0.29) is 23.8 Å². The molecule has 0 saturated carbocycles. The number of carbonyl (C=O) groups is 3. The maximum absolute atomic E-state index is 14.3. The number of nitrogens with one attached hydrogen (secondary N) is 1. The number of para-hydroxylation sites is 2. The lowest BCUT2D eigenvalue weighted by Crippen LogP contribution is -2.55. The van der Waals surface area contributed by atoms with Crippen LogP contribution in [0.25, 0.3) is 0 Å². The first-order valence-electron chi connectivity index (χ1n) is 12.2. The molecule has 6 rings (SSSR count). The van der Waals surface area contributed by atoms with Gasteiger partial charge in [-0.3, -0.25) is 19.7 Å². The van der Waals surface area contributed by atoms with Crippen LogP contribution in [0.1, 0.15) is 18.1 Å². The molecule has 0 aliphatic carbocycles. The molecule has 3 amide bonds. The number of hydrogen-bond acceptors (Lipinski definition) is 4. The second-order valence-electron chi connectivity index (χ2n) is 9.97. The Balaban J connectivity index is 1.52. The summed E-state index contributed by atoms with van der Waals surface area (Å²) in [5.74, 6) is -2.31. The van der Waals surface area contributed by atoms with Crippen LogP contribution in [0.4, 0.5) is 11.4 Å². The maximum Gasteiger partial charge on any atom is 0.253 e. The van der Waals surface area contributed by atoms with E-state index < -0.39 is 17.4 Å². The highest BCUT2D eigenvalue weighted by molar-refractivity contribution is 6.26. The third kappa shape index (κ3) is 3.11. The average Bonchev–Trinajstić information content (AvgIpc) is 3.44. The summed E-state index contributed by atoms with van der Waals surface area (Å²) >= 11 is 0. The van der Waals surface area contributed by atoms with Gasteiger partial charge in [0.25, 0.3) is 5.91 Å². The normalized spacial score (nSPS) is 26.6. The molecule has 0 bridgehead atoms. The lowest BCUT2D eigenvalue weighted by molar-refractivity contribution is -0.132. The van der Waals surface area contributed by atoms with Crippen molar-refractivity contribution in [2.45, 2.75) is 24.9 Å². The molecule has 36 heavy (non-hydrogen) atoms. The number of imide groups is 1. The van der Waals surface area contributed by atoms with Crippen molar-refractivity contribution < 1.29 is 14.4 Å². The fourth-order valence-corrected chi connectivity index (χ4v) is 6.25. The van der Waals surface area contributed by atoms with Crippen molar-refractivity contribution in [3.8, 4) is 0 Å². The minimum absolute atomic E-state index is 0.201. The molecule has 0 aromatic heterocycles. The second-order valence-corrected chi connectivity index (χ2v) is 9.97. The predicted octanol–water partition coefficient (Wildman–Crippen LogP) is 3.82. The second kappa shape index (κ2) is 8.28. The van der Waals surface area contributed by atoms with Gasteiger partial charge in [-0.1, -0.05) is 78.9 Å². The molecule has 3 aliphatic heterocycles. The van der Waals surface area contributed by atoms with Crippen LogP contribution in [0.5, 0.6) is 0 Å². The van der Waals surface area contributed by atoms with Gasteiger partial charge >= 0.3 is 0 Å². The van der Waals surface area contributed by atoms with E-state index in [9.17, 15) is 14.4 Å². The largest absolute Gasteiger partial charge is 0.306 e. The SMILES string of the molecule is C=C(C)CN1C(=O)C2(NC(Cc3ccccc3)C3C(=O)N(c4ccccc4)C(=O)C32)c2ccccc21. The molecule has 3 aromatic rings. The molecular formula is C30H27N3O3. The molecule has 6 heteroatoms. The van der Waals surface area contributed by atoms with Gasteiger partial charge in [0.15, 0.2) is 0 Å². The standard InChI is InChI=1S/C30H27N3O3/c1-19(2)18-32-24-16-10-9-15-22(24)30(29(32)36)26-25(23(31-30)17-20-11-5-3-6-12-20)27(34)33(28(26)35)21-13-7-4-8-14-21/h3-16,23,25-26,31H,1,17-18H2,2H3. The van der Waals surface area contributed by atoms with Crippen LogP contribution in [0, 0.1) is 11.8 Å². The third-order valence-electron chi connectivity index (χ3n) is 7.61. The number of carbonyl (C=O) groups excluding carboxylic acids is 3. The highest BCUT2D eigenvalue weighted by atomic mass is 16.2. The van der Waals surface area contributed by atoms with Gasteiger partial charge in [-0.2, -0.15) is 0 Å². The minimum atomic E-state index is -1.31. The zero-order valence-corrected chi connectivity index (χ0v) is 20.1. The zero-order chi connectivity index (χ0) is 25.0. The summed E-state index contributed by atoms with van der Waals surface area (Å²) < 4.78 is 0. The van der Waals surface area contributed by atoms with E-state index in [1.807, 2.05) is 79.7 Å². The summed E-state index contributed by atoms with van der Waals surface area (Å²) in [6, 6.07) is 26.1. The van der Waals surface area contributed by atoms with Crippen molar-refractivity contribution in [1.82, 2.24) is 5.32 Å². The minimum Gasteiger partial charge on any atom is -0.306 e. The number of hydrogen-bond donors (Lipinski definition) is 1. The predicted molar refractivity (Wildman–Crippen MR) is 138 cm³/mol. The van der Waals surface area contributed by atoms with Crippen molar-refractivity contribution in [2.24, 2.45) is 11.8 Å². The molecule has 2 saturated heterocycles. The number of benzene rings is 3. The van der Waals surface area contributed by atoms with Gasteiger partial charge in [0.05, 0.1) is 17.5 Å². The van der Waals surface area contributed by atoms with Crippen LogP contribution < -0.4 is 15.1 Å². The Morgan fingerprint density at radius 3 is 2.22 bits per heavy atom. The van der Waals surface area contributed by atoms with Gasteiger partial charge in [0.2, 0.25) is 11.8 Å². The number of nitrogens with zero attached hydrogens (tertiary/aromatic N) is 2. The third-order valence-corrected chi connectivity index (χ3v) is 7.61. The summed E-state index contributed by atoms with van der Waals surface area (Å²) in [6.45, 7) is 6.25. The van der Waals surface area contributed by atoms with E-state index in [0.29, 0.717) is 18.7 Å². The van der Waals surface area contributed by atoms with Crippen molar-refractivity contribution in [3.05, 3.63) is 108 Å². The smallest absolute Gasteiger partial charge is 0.253 e. The summed E-state index contributed by atoms with van der Waals surface area (Å²) in [5, 5.41) is 3.57. The number of anilines is 2. The molecule has 3 aliphatic rings. The number of rotatable bonds is 5. The first-order chi connectivity index (χ1) is 17.4. The van der Waals surface area contributed by atoms with Gasteiger partial charge in [-0.05, 0) is 37.1 Å². The lowest BCUT2D eigenvalue weighted by atomic mass is 9.76. The van der Waals surface area contributed by atoms with E-state index in [2.05, 4.69) is 11.9 Å². The van der Waals surface area contributed by atoms with Crippen molar-refractivity contribution in [2.75, 3.05) is 16.3 Å². The van der Waals surface area contributed by atoms with Crippen LogP contribution in [-0.2, 0) is 26.3 Å². The molecule has 4 unspecified atom stereocenters. The van der Waals surface area contributed by atoms with E-state index in [4.69, 9.17) is 0 Å². The molecular weight excluding hydrogens is 450 g/mol. The van der Waals surface area contributed by atoms with Crippen molar-refractivity contribution in [1.29, 1.82) is 0 Å². The molecule has 6 nitrogen and oxygen atoms in total. The fourth-order valence-electron chi connectivity index (χ4n) is 6.25. The Morgan fingerprint density at radius 2 is 1.53 bits per heavy atom. The van der Waals surface area contributed by atoms with Crippen LogP contribution in [0.3, 0.4) is 0 Å². The Hall–Kier alpha value is -4.03. The Morgan fingerprint density at radius 1 is 0.889 bits per heavy atom. The van der Waals surface area contributed by atoms with E-state index in [0.717, 1.165) is 22.4 Å². The molecule has 1 N–H and O–H groups in total. The summed E-state index contributed by atoms with van der Waals surface area (Å²) in [7, 11) is 0. The topological polar surface area (TPSA) is 69.7 Å². The van der Waals surface area contributed by atoms with Gasteiger partial charge in [-0.25, -0.2) is 4.90 Å². The Labute approximate surface area is 210 Å². The van der Waals surface area contributed by atoms with E-state index >= 15 is 0 Å². The van der Waals surface area contributed by atoms with Crippen LogP contribution in [-0.4, -0.2) is 30.3 Å². The van der Waals surface area contributed by atoms with Gasteiger partial charge in [0.1, 0.15) is 5.54 Å². The molecule has 180 valence electrons. The fraction of sp³-hybridized carbons (Fsp3) is 0.233.